The number of methoxy groups -OCH3 is 3. The maximum Gasteiger partial charge on any atom is 0.242 e. The van der Waals surface area contributed by atoms with Gasteiger partial charge >= 0.3 is 0 Å². The van der Waals surface area contributed by atoms with Crippen LogP contribution in [0.1, 0.15) is 62.4 Å². The van der Waals surface area contributed by atoms with Crippen molar-refractivity contribution in [3.05, 3.63) is 75.7 Å². The highest BCUT2D eigenvalue weighted by Crippen LogP contribution is 2.50. The predicted molar refractivity (Wildman–Crippen MR) is 166 cm³/mol. The molecule has 1 heterocycles. The number of aryl methyl sites for hydroxylation is 1. The molecule has 1 aromatic heterocycles. The highest BCUT2D eigenvalue weighted by Gasteiger charge is 2.30. The molecule has 1 aliphatic rings. The van der Waals surface area contributed by atoms with Crippen molar-refractivity contribution in [2.45, 2.75) is 64.6 Å². The lowest BCUT2D eigenvalue weighted by atomic mass is 9.95. The molecule has 0 fully saturated rings. The number of carbonyl (C=O) groups is 2. The number of nitrogens with zero attached hydrogens (tertiary/aromatic N) is 1. The van der Waals surface area contributed by atoms with E-state index in [1.165, 1.54) is 6.92 Å². The first-order valence-corrected chi connectivity index (χ1v) is 14.5. The number of ether oxygens (including phenoxy) is 3. The number of aromatic nitrogens is 1. The fourth-order valence-corrected chi connectivity index (χ4v) is 5.50. The Morgan fingerprint density at radius 2 is 1.84 bits per heavy atom. The molecule has 43 heavy (non-hydrogen) atoms. The largest absolute Gasteiger partial charge is 0.493 e. The third-order valence-corrected chi connectivity index (χ3v) is 7.58. The molecule has 3 N–H and O–H groups in total. The Morgan fingerprint density at radius 3 is 2.49 bits per heavy atom. The van der Waals surface area contributed by atoms with E-state index in [9.17, 15) is 14.4 Å². The smallest absolute Gasteiger partial charge is 0.242 e. The van der Waals surface area contributed by atoms with E-state index in [4.69, 9.17) is 14.2 Å². The zero-order valence-electron chi connectivity index (χ0n) is 25.4. The average molecular weight is 589 g/mol. The SMILES string of the molecule is CCCCC(Nc1ccc2c(cc1=O)[C@@H](NC(C)=O)CCc1cc(OC)c(OC)c(OC)c1-2)C(=O)NCc1ccccn1. The first kappa shape index (κ1) is 31.3. The normalized spacial score (nSPS) is 14.3. The maximum atomic E-state index is 13.7. The van der Waals surface area contributed by atoms with Crippen molar-refractivity contribution in [1.29, 1.82) is 0 Å². The van der Waals surface area contributed by atoms with Gasteiger partial charge in [0.1, 0.15) is 6.04 Å². The van der Waals surface area contributed by atoms with Gasteiger partial charge in [-0.05, 0) is 66.3 Å². The van der Waals surface area contributed by atoms with E-state index in [0.717, 1.165) is 35.2 Å². The zero-order chi connectivity index (χ0) is 30.9. The van der Waals surface area contributed by atoms with Crippen LogP contribution in [0.15, 0.2) is 53.5 Å². The molecule has 4 rings (SSSR count). The van der Waals surface area contributed by atoms with Crippen LogP contribution < -0.4 is 35.6 Å². The Balaban J connectivity index is 1.80. The van der Waals surface area contributed by atoms with E-state index in [0.29, 0.717) is 42.1 Å². The van der Waals surface area contributed by atoms with Gasteiger partial charge in [-0.25, -0.2) is 0 Å². The van der Waals surface area contributed by atoms with Gasteiger partial charge in [-0.1, -0.05) is 31.9 Å². The summed E-state index contributed by atoms with van der Waals surface area (Å²) in [5, 5.41) is 9.18. The summed E-state index contributed by atoms with van der Waals surface area (Å²) in [6, 6.07) is 11.5. The number of carbonyl (C=O) groups excluding carboxylic acids is 2. The molecule has 0 aliphatic heterocycles. The van der Waals surface area contributed by atoms with E-state index in [1.807, 2.05) is 30.3 Å². The minimum absolute atomic E-state index is 0.203. The first-order valence-electron chi connectivity index (χ1n) is 14.5. The Kier molecular flexibility index (Phi) is 10.6. The van der Waals surface area contributed by atoms with Crippen molar-refractivity contribution >= 4 is 17.5 Å². The number of pyridine rings is 1. The van der Waals surface area contributed by atoms with Gasteiger partial charge in [-0.15, -0.1) is 0 Å². The molecule has 2 aromatic carbocycles. The van der Waals surface area contributed by atoms with Crippen molar-refractivity contribution in [2.24, 2.45) is 0 Å². The molecule has 0 radical (unpaired) electrons. The van der Waals surface area contributed by atoms with Gasteiger partial charge in [-0.2, -0.15) is 0 Å². The predicted octanol–water partition coefficient (Wildman–Crippen LogP) is 4.55. The fraction of sp³-hybridized carbons (Fsp3) is 0.394. The molecule has 1 unspecified atom stereocenters. The maximum absolute atomic E-state index is 13.7. The van der Waals surface area contributed by atoms with Crippen molar-refractivity contribution < 1.29 is 23.8 Å². The quantitative estimate of drug-likeness (QED) is 0.281. The second-order valence-corrected chi connectivity index (χ2v) is 10.5. The average Bonchev–Trinajstić information content (AvgIpc) is 3.25. The summed E-state index contributed by atoms with van der Waals surface area (Å²) in [5.74, 6) is 1.02. The molecule has 228 valence electrons. The highest BCUT2D eigenvalue weighted by molar-refractivity contribution is 5.86. The Hall–Kier alpha value is -4.60. The van der Waals surface area contributed by atoms with Crippen LogP contribution in [0, 0.1) is 0 Å². The molecule has 0 spiro atoms. The van der Waals surface area contributed by atoms with Gasteiger partial charge in [0.15, 0.2) is 11.5 Å². The molecule has 2 amide bonds. The van der Waals surface area contributed by atoms with Gasteiger partial charge in [0, 0.05) is 18.7 Å². The topological polar surface area (TPSA) is 128 Å². The van der Waals surface area contributed by atoms with Crippen LogP contribution >= 0.6 is 0 Å². The van der Waals surface area contributed by atoms with Crippen LogP contribution in [0.4, 0.5) is 5.69 Å². The van der Waals surface area contributed by atoms with Crippen molar-refractivity contribution in [1.82, 2.24) is 15.6 Å². The van der Waals surface area contributed by atoms with Crippen LogP contribution in [-0.4, -0.2) is 44.2 Å². The number of nitrogens with one attached hydrogen (secondary N) is 3. The Bertz CT molecular complexity index is 1510. The number of amides is 2. The summed E-state index contributed by atoms with van der Waals surface area (Å²) in [7, 11) is 4.67. The number of fused-ring (bicyclic) bond motifs is 3. The number of unbranched alkanes of at least 4 members (excludes halogenated alkanes) is 1. The highest BCUT2D eigenvalue weighted by atomic mass is 16.5. The fourth-order valence-electron chi connectivity index (χ4n) is 5.50. The van der Waals surface area contributed by atoms with Crippen LogP contribution in [0.5, 0.6) is 17.2 Å². The van der Waals surface area contributed by atoms with Gasteiger partial charge in [0.2, 0.25) is 23.0 Å². The van der Waals surface area contributed by atoms with Crippen LogP contribution in [-0.2, 0) is 22.6 Å². The van der Waals surface area contributed by atoms with Crippen molar-refractivity contribution in [3.8, 4) is 28.4 Å². The van der Waals surface area contributed by atoms with Gasteiger partial charge in [-0.3, -0.25) is 19.4 Å². The molecule has 0 saturated heterocycles. The second kappa shape index (κ2) is 14.5. The molecular formula is C33H40N4O6. The summed E-state index contributed by atoms with van der Waals surface area (Å²) in [5.41, 5.74) is 3.81. The molecule has 0 saturated carbocycles. The zero-order valence-corrected chi connectivity index (χ0v) is 25.4. The molecule has 0 bridgehead atoms. The monoisotopic (exact) mass is 588 g/mol. The van der Waals surface area contributed by atoms with Gasteiger partial charge in [0.25, 0.3) is 0 Å². The molecular weight excluding hydrogens is 548 g/mol. The standard InChI is InChI=1S/C33H40N4O6/c1-6-7-11-27(33(40)35-19-22-10-8-9-16-34-22)37-26-15-13-23-24(18-28(26)39)25(36-20(2)38)14-12-21-17-29(41-3)31(42-4)32(43-5)30(21)23/h8-10,13,15-18,25,27H,6-7,11-12,14,19H2,1-5H3,(H,35,40)(H,36,38)(H,37,39)/t25-,27?/m0/s1. The minimum atomic E-state index is -0.629. The summed E-state index contributed by atoms with van der Waals surface area (Å²) in [4.78, 5) is 43.5. The second-order valence-electron chi connectivity index (χ2n) is 10.5. The molecule has 2 atom stereocenters. The number of benzene rings is 1. The van der Waals surface area contributed by atoms with Crippen LogP contribution in [0.25, 0.3) is 11.1 Å². The number of hydrogen-bond donors (Lipinski definition) is 3. The van der Waals surface area contributed by atoms with E-state index in [-0.39, 0.29) is 29.5 Å². The number of anilines is 1. The lowest BCUT2D eigenvalue weighted by Crippen LogP contribution is -2.40. The first-order chi connectivity index (χ1) is 20.8. The summed E-state index contributed by atoms with van der Waals surface area (Å²) >= 11 is 0. The Labute approximate surface area is 252 Å². The number of rotatable bonds is 12. The molecule has 10 heteroatoms. The molecule has 1 aliphatic carbocycles. The Morgan fingerprint density at radius 1 is 1.05 bits per heavy atom. The van der Waals surface area contributed by atoms with Gasteiger partial charge in [0.05, 0.1) is 45.3 Å². The van der Waals surface area contributed by atoms with Crippen molar-refractivity contribution in [2.75, 3.05) is 26.6 Å². The van der Waals surface area contributed by atoms with Crippen LogP contribution in [0.3, 0.4) is 0 Å². The molecule has 10 nitrogen and oxygen atoms in total. The number of hydrogen-bond acceptors (Lipinski definition) is 8. The summed E-state index contributed by atoms with van der Waals surface area (Å²) in [6.45, 7) is 3.79. The minimum Gasteiger partial charge on any atom is -0.493 e. The third kappa shape index (κ3) is 7.25. The van der Waals surface area contributed by atoms with Gasteiger partial charge < -0.3 is 30.2 Å². The lowest BCUT2D eigenvalue weighted by Gasteiger charge is -2.19. The van der Waals surface area contributed by atoms with E-state index >= 15 is 0 Å². The summed E-state index contributed by atoms with van der Waals surface area (Å²) in [6.07, 6.45) is 5.08. The van der Waals surface area contributed by atoms with Crippen LogP contribution in [0.2, 0.25) is 0 Å². The van der Waals surface area contributed by atoms with E-state index in [2.05, 4.69) is 27.9 Å². The third-order valence-electron chi connectivity index (χ3n) is 7.58. The summed E-state index contributed by atoms with van der Waals surface area (Å²) < 4.78 is 17.1. The van der Waals surface area contributed by atoms with E-state index in [1.54, 1.807) is 39.7 Å². The molecule has 3 aromatic rings. The van der Waals surface area contributed by atoms with Crippen molar-refractivity contribution in [3.63, 3.8) is 0 Å². The lowest BCUT2D eigenvalue weighted by molar-refractivity contribution is -0.122. The van der Waals surface area contributed by atoms with E-state index < -0.39 is 12.1 Å².